The molecule has 15 heavy (non-hydrogen) atoms. The van der Waals surface area contributed by atoms with Crippen molar-refractivity contribution in [2.75, 3.05) is 33.6 Å². The summed E-state index contributed by atoms with van der Waals surface area (Å²) in [6.07, 6.45) is -0.451. The molecule has 0 spiro atoms. The first-order valence-corrected chi connectivity index (χ1v) is 4.70. The van der Waals surface area contributed by atoms with Gasteiger partial charge in [0.1, 0.15) is 5.69 Å². The molecule has 0 radical (unpaired) electrons. The second-order valence-corrected chi connectivity index (χ2v) is 4.18. The second-order valence-electron chi connectivity index (χ2n) is 4.18. The van der Waals surface area contributed by atoms with E-state index in [1.807, 2.05) is 24.3 Å². The Morgan fingerprint density at radius 3 is 2.13 bits per heavy atom. The van der Waals surface area contributed by atoms with Crippen molar-refractivity contribution in [2.24, 2.45) is 0 Å². The van der Waals surface area contributed by atoms with Crippen LogP contribution >= 0.6 is 0 Å². The summed E-state index contributed by atoms with van der Waals surface area (Å²) in [6, 6.07) is 7.67. The summed E-state index contributed by atoms with van der Waals surface area (Å²) in [4.78, 5) is 10.9. The second kappa shape index (κ2) is 4.31. The number of hydrogen-bond acceptors (Lipinski definition) is 2. The van der Waals surface area contributed by atoms with E-state index in [0.29, 0.717) is 0 Å². The Morgan fingerprint density at radius 1 is 1.20 bits per heavy atom. The Hall–Kier alpha value is -1.55. The van der Waals surface area contributed by atoms with Gasteiger partial charge in [-0.25, -0.2) is 4.79 Å². The van der Waals surface area contributed by atoms with Crippen LogP contribution in [-0.4, -0.2) is 34.3 Å². The van der Waals surface area contributed by atoms with Crippen molar-refractivity contribution in [3.8, 4) is 0 Å². The van der Waals surface area contributed by atoms with E-state index in [9.17, 15) is 4.79 Å². The summed E-state index contributed by atoms with van der Waals surface area (Å²) >= 11 is 0. The van der Waals surface area contributed by atoms with Crippen LogP contribution < -0.4 is 9.80 Å². The summed E-state index contributed by atoms with van der Waals surface area (Å²) in [5.74, 6) is 0. The molecule has 0 aromatic heterocycles. The van der Waals surface area contributed by atoms with Gasteiger partial charge in [0.15, 0.2) is 0 Å². The summed E-state index contributed by atoms with van der Waals surface area (Å²) < 4.78 is 5.25. The molecule has 0 saturated carbocycles. The fourth-order valence-corrected chi connectivity index (χ4v) is 1.16. The largest absolute Gasteiger partial charge is 0.453 e. The highest BCUT2D eigenvalue weighted by atomic mass is 16.5. The average molecular weight is 209 g/mol. The van der Waals surface area contributed by atoms with Crippen LogP contribution in [0.2, 0.25) is 0 Å². The van der Waals surface area contributed by atoms with Crippen LogP contribution in [0.4, 0.5) is 16.2 Å². The zero-order valence-corrected chi connectivity index (χ0v) is 9.57. The van der Waals surface area contributed by atoms with Gasteiger partial charge in [-0.3, -0.25) is 9.80 Å². The number of carbonyl (C=O) groups excluding carboxylic acids is 1. The van der Waals surface area contributed by atoms with E-state index in [0.717, 1.165) is 10.2 Å². The van der Waals surface area contributed by atoms with Crippen LogP contribution in [0.5, 0.6) is 0 Å². The van der Waals surface area contributed by atoms with Gasteiger partial charge in [-0.15, -0.1) is 0 Å². The SMILES string of the molecule is COC(=O)Nc1ccc([N+](C)(C)C)cc1. The van der Waals surface area contributed by atoms with E-state index in [1.54, 1.807) is 0 Å². The highest BCUT2D eigenvalue weighted by Crippen LogP contribution is 2.19. The lowest BCUT2D eigenvalue weighted by Crippen LogP contribution is -2.34. The number of rotatable bonds is 2. The van der Waals surface area contributed by atoms with E-state index < -0.39 is 6.09 Å². The zero-order chi connectivity index (χ0) is 11.5. The summed E-state index contributed by atoms with van der Waals surface area (Å²) in [6.45, 7) is 0. The lowest BCUT2D eigenvalue weighted by atomic mass is 10.2. The van der Waals surface area contributed by atoms with Crippen LogP contribution in [-0.2, 0) is 4.74 Å². The van der Waals surface area contributed by atoms with E-state index >= 15 is 0 Å². The van der Waals surface area contributed by atoms with Gasteiger partial charge in [-0.05, 0) is 12.1 Å². The van der Waals surface area contributed by atoms with E-state index in [-0.39, 0.29) is 0 Å². The molecule has 1 amide bonds. The normalized spacial score (nSPS) is 10.9. The molecular weight excluding hydrogens is 192 g/mol. The third-order valence-corrected chi connectivity index (χ3v) is 2.07. The Morgan fingerprint density at radius 2 is 1.73 bits per heavy atom. The van der Waals surface area contributed by atoms with Gasteiger partial charge in [0.25, 0.3) is 0 Å². The Labute approximate surface area is 90.1 Å². The molecule has 0 heterocycles. The number of hydrogen-bond donors (Lipinski definition) is 1. The smallest absolute Gasteiger partial charge is 0.411 e. The minimum Gasteiger partial charge on any atom is -0.453 e. The van der Waals surface area contributed by atoms with E-state index in [1.165, 1.54) is 12.8 Å². The van der Waals surface area contributed by atoms with Crippen molar-refractivity contribution in [3.05, 3.63) is 24.3 Å². The molecule has 0 aliphatic rings. The fourth-order valence-electron chi connectivity index (χ4n) is 1.16. The summed E-state index contributed by atoms with van der Waals surface area (Å²) in [5.41, 5.74) is 1.91. The summed E-state index contributed by atoms with van der Waals surface area (Å²) in [7, 11) is 7.60. The molecule has 0 aliphatic heterocycles. The predicted octanol–water partition coefficient (Wildman–Crippen LogP) is 2.06. The van der Waals surface area contributed by atoms with Gasteiger partial charge < -0.3 is 4.74 Å². The molecule has 82 valence electrons. The van der Waals surface area contributed by atoms with Gasteiger partial charge in [-0.2, -0.15) is 0 Å². The number of nitrogens with zero attached hydrogens (tertiary/aromatic N) is 1. The summed E-state index contributed by atoms with van der Waals surface area (Å²) in [5, 5.41) is 2.60. The van der Waals surface area contributed by atoms with Gasteiger partial charge >= 0.3 is 6.09 Å². The van der Waals surface area contributed by atoms with E-state index in [4.69, 9.17) is 0 Å². The molecule has 0 atom stereocenters. The minimum atomic E-state index is -0.451. The van der Waals surface area contributed by atoms with Crippen molar-refractivity contribution >= 4 is 17.5 Å². The molecular formula is C11H17N2O2+. The Balaban J connectivity index is 2.77. The molecule has 0 aliphatic carbocycles. The van der Waals surface area contributed by atoms with Gasteiger partial charge in [-0.1, -0.05) is 0 Å². The van der Waals surface area contributed by atoms with Crippen molar-refractivity contribution < 1.29 is 9.53 Å². The molecule has 1 N–H and O–H groups in total. The van der Waals surface area contributed by atoms with Gasteiger partial charge in [0.2, 0.25) is 0 Å². The van der Waals surface area contributed by atoms with Gasteiger partial charge in [0, 0.05) is 17.8 Å². The zero-order valence-electron chi connectivity index (χ0n) is 9.57. The Kier molecular flexibility index (Phi) is 3.31. The quantitative estimate of drug-likeness (QED) is 0.757. The fraction of sp³-hybridized carbons (Fsp3) is 0.364. The Bertz CT molecular complexity index is 339. The van der Waals surface area contributed by atoms with Crippen LogP contribution in [0.3, 0.4) is 0 Å². The average Bonchev–Trinajstić information content (AvgIpc) is 2.17. The van der Waals surface area contributed by atoms with Crippen LogP contribution in [0, 0.1) is 0 Å². The lowest BCUT2D eigenvalue weighted by Gasteiger charge is -2.23. The maximum absolute atomic E-state index is 10.9. The molecule has 1 aromatic carbocycles. The van der Waals surface area contributed by atoms with Crippen LogP contribution in [0.15, 0.2) is 24.3 Å². The third kappa shape index (κ3) is 3.25. The maximum Gasteiger partial charge on any atom is 0.411 e. The molecule has 0 fully saturated rings. The topological polar surface area (TPSA) is 38.3 Å². The lowest BCUT2D eigenvalue weighted by molar-refractivity contribution is 0.187. The molecule has 4 heteroatoms. The number of benzene rings is 1. The van der Waals surface area contributed by atoms with Crippen LogP contribution in [0.1, 0.15) is 0 Å². The number of methoxy groups -OCH3 is 1. The van der Waals surface area contributed by atoms with Gasteiger partial charge in [0.05, 0.1) is 28.3 Å². The number of carbonyl (C=O) groups is 1. The number of amides is 1. The molecule has 0 saturated heterocycles. The first-order valence-electron chi connectivity index (χ1n) is 4.70. The van der Waals surface area contributed by atoms with Crippen molar-refractivity contribution in [3.63, 3.8) is 0 Å². The van der Waals surface area contributed by atoms with Crippen molar-refractivity contribution in [1.82, 2.24) is 4.48 Å². The highest BCUT2D eigenvalue weighted by Gasteiger charge is 2.11. The molecule has 4 nitrogen and oxygen atoms in total. The molecule has 0 unspecified atom stereocenters. The maximum atomic E-state index is 10.9. The van der Waals surface area contributed by atoms with Crippen molar-refractivity contribution in [2.45, 2.75) is 0 Å². The standard InChI is InChI=1S/C11H16N2O2/c1-13(2,3)10-7-5-9(6-8-10)12-11(14)15-4/h5-8H,1-4H3/p+1. The molecule has 0 bridgehead atoms. The number of anilines is 1. The number of nitrogens with one attached hydrogen (secondary N) is 1. The molecule has 1 aromatic rings. The number of ether oxygens (including phenoxy) is 1. The van der Waals surface area contributed by atoms with Crippen LogP contribution in [0.25, 0.3) is 0 Å². The monoisotopic (exact) mass is 209 g/mol. The first kappa shape index (κ1) is 11.5. The van der Waals surface area contributed by atoms with E-state index in [2.05, 4.69) is 31.2 Å². The molecule has 1 rings (SSSR count). The predicted molar refractivity (Wildman–Crippen MR) is 62.0 cm³/mol. The minimum absolute atomic E-state index is 0.451. The van der Waals surface area contributed by atoms with Crippen molar-refractivity contribution in [1.29, 1.82) is 0 Å². The first-order chi connectivity index (χ1) is 6.93. The number of quaternary nitrogens is 1. The highest BCUT2D eigenvalue weighted by molar-refractivity contribution is 5.84. The third-order valence-electron chi connectivity index (χ3n) is 2.07.